The van der Waals surface area contributed by atoms with Crippen LogP contribution in [0.3, 0.4) is 0 Å². The van der Waals surface area contributed by atoms with Crippen LogP contribution in [-0.2, 0) is 22.2 Å². The van der Waals surface area contributed by atoms with Crippen molar-refractivity contribution in [3.63, 3.8) is 0 Å². The van der Waals surface area contributed by atoms with Gasteiger partial charge in [-0.1, -0.05) is 41.5 Å². The van der Waals surface area contributed by atoms with Gasteiger partial charge in [-0.05, 0) is 47.6 Å². The van der Waals surface area contributed by atoms with Crippen molar-refractivity contribution in [2.45, 2.75) is 65.8 Å². The SMILES string of the molecule is CCOc1cc2c(cc1C(=O)NC)C(=N)N(CC(=O)c1cc(C(C)(C)C)c(OCC(=O)O)c(C(C)(C)C)c1)C2. The topological polar surface area (TPSA) is 129 Å². The first-order valence-electron chi connectivity index (χ1n) is 13.0. The molecule has 39 heavy (non-hydrogen) atoms. The number of carboxylic acids is 1. The Hall–Kier alpha value is -3.88. The number of amides is 1. The number of carbonyl (C=O) groups is 3. The highest BCUT2D eigenvalue weighted by atomic mass is 16.5. The lowest BCUT2D eigenvalue weighted by Crippen LogP contribution is -2.31. The molecule has 1 aliphatic rings. The summed E-state index contributed by atoms with van der Waals surface area (Å²) in [6.07, 6.45) is 0. The van der Waals surface area contributed by atoms with E-state index in [-0.39, 0.29) is 24.1 Å². The monoisotopic (exact) mass is 537 g/mol. The van der Waals surface area contributed by atoms with Gasteiger partial charge in [-0.15, -0.1) is 0 Å². The number of ketones is 1. The molecule has 3 N–H and O–H groups in total. The Morgan fingerprint density at radius 2 is 1.59 bits per heavy atom. The highest BCUT2D eigenvalue weighted by Crippen LogP contribution is 2.41. The van der Waals surface area contributed by atoms with Crippen LogP contribution in [0.2, 0.25) is 0 Å². The van der Waals surface area contributed by atoms with Crippen molar-refractivity contribution >= 4 is 23.5 Å². The highest BCUT2D eigenvalue weighted by Gasteiger charge is 2.32. The molecule has 9 nitrogen and oxygen atoms in total. The largest absolute Gasteiger partial charge is 0.493 e. The van der Waals surface area contributed by atoms with Crippen molar-refractivity contribution in [1.82, 2.24) is 10.2 Å². The maximum Gasteiger partial charge on any atom is 0.341 e. The van der Waals surface area contributed by atoms with Crippen LogP contribution in [0.1, 0.15) is 91.4 Å². The maximum absolute atomic E-state index is 13.7. The first-order chi connectivity index (χ1) is 18.1. The molecule has 210 valence electrons. The zero-order chi connectivity index (χ0) is 29.3. The Bertz CT molecular complexity index is 1280. The number of carboxylic acid groups (broad SMARTS) is 1. The van der Waals surface area contributed by atoms with Crippen molar-refractivity contribution in [1.29, 1.82) is 5.41 Å². The van der Waals surface area contributed by atoms with Crippen LogP contribution >= 0.6 is 0 Å². The van der Waals surface area contributed by atoms with Crippen molar-refractivity contribution in [2.75, 3.05) is 26.8 Å². The Morgan fingerprint density at radius 3 is 2.08 bits per heavy atom. The zero-order valence-corrected chi connectivity index (χ0v) is 24.1. The molecule has 0 radical (unpaired) electrons. The van der Waals surface area contributed by atoms with Crippen molar-refractivity contribution < 1.29 is 29.0 Å². The molecule has 1 aliphatic heterocycles. The predicted octanol–water partition coefficient (Wildman–Crippen LogP) is 4.53. The number of nitrogens with one attached hydrogen (secondary N) is 2. The van der Waals surface area contributed by atoms with Crippen LogP contribution in [0.25, 0.3) is 0 Å². The number of hydrogen-bond donors (Lipinski definition) is 3. The van der Waals surface area contributed by atoms with Crippen molar-refractivity contribution in [3.8, 4) is 11.5 Å². The Kier molecular flexibility index (Phi) is 8.43. The molecule has 0 aliphatic carbocycles. The van der Waals surface area contributed by atoms with E-state index in [1.807, 2.05) is 48.5 Å². The smallest absolute Gasteiger partial charge is 0.341 e. The van der Waals surface area contributed by atoms with Gasteiger partial charge in [-0.3, -0.25) is 15.0 Å². The number of amidine groups is 1. The molecular formula is C30H39N3O6. The van der Waals surface area contributed by atoms with Crippen LogP contribution in [0.15, 0.2) is 24.3 Å². The molecule has 0 saturated carbocycles. The summed E-state index contributed by atoms with van der Waals surface area (Å²) < 4.78 is 11.5. The third-order valence-electron chi connectivity index (χ3n) is 6.61. The van der Waals surface area contributed by atoms with Gasteiger partial charge in [0.25, 0.3) is 5.91 Å². The number of carbonyl (C=O) groups excluding carboxylic acids is 2. The summed E-state index contributed by atoms with van der Waals surface area (Å²) in [5.74, 6) is -0.462. The molecule has 0 aromatic heterocycles. The van der Waals surface area contributed by atoms with E-state index in [4.69, 9.17) is 14.9 Å². The maximum atomic E-state index is 13.7. The molecule has 1 heterocycles. The summed E-state index contributed by atoms with van der Waals surface area (Å²) >= 11 is 0. The highest BCUT2D eigenvalue weighted by molar-refractivity contribution is 6.07. The van der Waals surface area contributed by atoms with Crippen LogP contribution in [0, 0.1) is 5.41 Å². The number of fused-ring (bicyclic) bond motifs is 1. The molecule has 0 spiro atoms. The summed E-state index contributed by atoms with van der Waals surface area (Å²) in [4.78, 5) is 39.1. The van der Waals surface area contributed by atoms with E-state index in [9.17, 15) is 19.5 Å². The molecule has 0 saturated heterocycles. The average molecular weight is 538 g/mol. The second-order valence-corrected chi connectivity index (χ2v) is 11.7. The van der Waals surface area contributed by atoms with Crippen LogP contribution in [0.4, 0.5) is 0 Å². The molecule has 0 atom stereocenters. The lowest BCUT2D eigenvalue weighted by molar-refractivity contribution is -0.139. The van der Waals surface area contributed by atoms with E-state index in [0.29, 0.717) is 41.3 Å². The molecule has 3 rings (SSSR count). The molecular weight excluding hydrogens is 498 g/mol. The average Bonchev–Trinajstić information content (AvgIpc) is 3.14. The number of hydrogen-bond acceptors (Lipinski definition) is 6. The minimum atomic E-state index is -1.07. The quantitative estimate of drug-likeness (QED) is 0.401. The van der Waals surface area contributed by atoms with Gasteiger partial charge in [0.05, 0.1) is 18.7 Å². The number of aliphatic carboxylic acids is 1. The van der Waals surface area contributed by atoms with Gasteiger partial charge in [-0.25, -0.2) is 4.79 Å². The molecule has 0 bridgehead atoms. The van der Waals surface area contributed by atoms with Gasteiger partial charge >= 0.3 is 5.97 Å². The summed E-state index contributed by atoms with van der Waals surface area (Å²) in [5.41, 5.74) is 2.86. The summed E-state index contributed by atoms with van der Waals surface area (Å²) in [7, 11) is 1.54. The third kappa shape index (κ3) is 6.41. The first-order valence-corrected chi connectivity index (χ1v) is 13.0. The lowest BCUT2D eigenvalue weighted by Gasteiger charge is -2.30. The zero-order valence-electron chi connectivity index (χ0n) is 24.1. The molecule has 0 fully saturated rings. The second-order valence-electron chi connectivity index (χ2n) is 11.7. The van der Waals surface area contributed by atoms with Gasteiger partial charge in [0.15, 0.2) is 12.4 Å². The molecule has 2 aromatic carbocycles. The van der Waals surface area contributed by atoms with Gasteiger partial charge in [0, 0.05) is 35.8 Å². The van der Waals surface area contributed by atoms with Gasteiger partial charge < -0.3 is 24.8 Å². The van der Waals surface area contributed by atoms with E-state index >= 15 is 0 Å². The fourth-order valence-corrected chi connectivity index (χ4v) is 4.61. The van der Waals surface area contributed by atoms with E-state index < -0.39 is 23.4 Å². The van der Waals surface area contributed by atoms with Crippen molar-refractivity contribution in [2.24, 2.45) is 0 Å². The molecule has 0 unspecified atom stereocenters. The van der Waals surface area contributed by atoms with E-state index in [1.165, 1.54) is 7.05 Å². The van der Waals surface area contributed by atoms with E-state index in [1.54, 1.807) is 29.2 Å². The first kappa shape index (κ1) is 29.7. The van der Waals surface area contributed by atoms with E-state index in [0.717, 1.165) is 16.7 Å². The Balaban J connectivity index is 1.99. The van der Waals surface area contributed by atoms with Crippen LogP contribution < -0.4 is 14.8 Å². The summed E-state index contributed by atoms with van der Waals surface area (Å²) in [6.45, 7) is 14.0. The number of benzene rings is 2. The molecule has 9 heteroatoms. The fraction of sp³-hybridized carbons (Fsp3) is 0.467. The standard InChI is InChI=1S/C30H39N3O6/c1-9-38-24-12-18-14-33(27(31)19(18)13-20(24)28(37)32-8)15-23(34)17-10-21(29(2,3)4)26(39-16-25(35)36)22(11-17)30(5,6)7/h10-13,31H,9,14-16H2,1-8H3,(H,32,37)(H,35,36). The molecule has 2 aromatic rings. The number of rotatable bonds is 9. The number of Topliss-reactive ketones (excluding diaryl/α,β-unsaturated/α-hetero) is 1. The third-order valence-corrected chi connectivity index (χ3v) is 6.61. The normalized spacial score (nSPS) is 13.2. The second kappa shape index (κ2) is 11.1. The summed E-state index contributed by atoms with van der Waals surface area (Å²) in [6, 6.07) is 6.97. The van der Waals surface area contributed by atoms with Crippen LogP contribution in [-0.4, -0.2) is 60.3 Å². The fourth-order valence-electron chi connectivity index (χ4n) is 4.61. The predicted molar refractivity (Wildman–Crippen MR) is 150 cm³/mol. The van der Waals surface area contributed by atoms with Crippen molar-refractivity contribution in [3.05, 3.63) is 57.6 Å². The van der Waals surface area contributed by atoms with Gasteiger partial charge in [0.1, 0.15) is 17.3 Å². The Labute approximate surface area is 230 Å². The minimum absolute atomic E-state index is 0.0325. The summed E-state index contributed by atoms with van der Waals surface area (Å²) in [5, 5.41) is 20.6. The Morgan fingerprint density at radius 1 is 1.00 bits per heavy atom. The van der Waals surface area contributed by atoms with Gasteiger partial charge in [-0.2, -0.15) is 0 Å². The van der Waals surface area contributed by atoms with Crippen LogP contribution in [0.5, 0.6) is 11.5 Å². The van der Waals surface area contributed by atoms with Gasteiger partial charge in [0.2, 0.25) is 0 Å². The lowest BCUT2D eigenvalue weighted by atomic mass is 9.78. The van der Waals surface area contributed by atoms with E-state index in [2.05, 4.69) is 5.32 Å². The number of ether oxygens (including phenoxy) is 2. The molecule has 1 amide bonds. The number of nitrogens with zero attached hydrogens (tertiary/aromatic N) is 1. The minimum Gasteiger partial charge on any atom is -0.493 e.